The van der Waals surface area contributed by atoms with Gasteiger partial charge in [-0.3, -0.25) is 0 Å². The molecule has 0 bridgehead atoms. The Labute approximate surface area is 93.8 Å². The van der Waals surface area contributed by atoms with Crippen LogP contribution < -0.4 is 9.64 Å². The first-order valence-electron chi connectivity index (χ1n) is 4.02. The molecule has 2 nitrogen and oxygen atoms in total. The van der Waals surface area contributed by atoms with Crippen LogP contribution in [-0.2, 0) is 0 Å². The lowest BCUT2D eigenvalue weighted by Gasteiger charge is -2.18. The largest absolute Gasteiger partial charge is 0.573 e. The molecule has 0 spiro atoms. The van der Waals surface area contributed by atoms with Crippen molar-refractivity contribution in [2.75, 3.05) is 19.0 Å². The minimum absolute atomic E-state index is 0.212. The molecule has 0 unspecified atom stereocenters. The molecule has 0 heterocycles. The fourth-order valence-corrected chi connectivity index (χ4v) is 1.40. The summed E-state index contributed by atoms with van der Waals surface area (Å²) in [5.74, 6) is -0.212. The highest BCUT2D eigenvalue weighted by Gasteiger charge is 2.32. The van der Waals surface area contributed by atoms with Crippen LogP contribution in [-0.4, -0.2) is 20.5 Å². The first-order valence-corrected chi connectivity index (χ1v) is 4.81. The fraction of sp³-hybridized carbons (Fsp3) is 0.333. The van der Waals surface area contributed by atoms with E-state index in [0.717, 1.165) is 0 Å². The standard InChI is InChI=1S/C9H9BrF3NO/c1-14(2)7-5-6(10)3-4-8(7)15-9(11,12)13/h3-5H,1-2H3. The lowest BCUT2D eigenvalue weighted by molar-refractivity contribution is -0.274. The molecule has 0 fully saturated rings. The number of nitrogens with zero attached hydrogens (tertiary/aromatic N) is 1. The smallest absolute Gasteiger partial charge is 0.404 e. The van der Waals surface area contributed by atoms with Gasteiger partial charge < -0.3 is 9.64 Å². The van der Waals surface area contributed by atoms with Crippen LogP contribution in [0, 0.1) is 0 Å². The van der Waals surface area contributed by atoms with Crippen LogP contribution in [0.2, 0.25) is 0 Å². The van der Waals surface area contributed by atoms with E-state index in [9.17, 15) is 13.2 Å². The van der Waals surface area contributed by atoms with Crippen LogP contribution in [0.25, 0.3) is 0 Å². The van der Waals surface area contributed by atoms with Crippen molar-refractivity contribution in [2.24, 2.45) is 0 Å². The zero-order valence-corrected chi connectivity index (χ0v) is 9.69. The molecule has 1 aromatic carbocycles. The van der Waals surface area contributed by atoms with Crippen molar-refractivity contribution in [3.63, 3.8) is 0 Å². The summed E-state index contributed by atoms with van der Waals surface area (Å²) < 4.78 is 40.7. The van der Waals surface area contributed by atoms with E-state index >= 15 is 0 Å². The zero-order valence-electron chi connectivity index (χ0n) is 8.10. The predicted molar refractivity (Wildman–Crippen MR) is 55.2 cm³/mol. The van der Waals surface area contributed by atoms with E-state index in [1.54, 1.807) is 25.1 Å². The van der Waals surface area contributed by atoms with Gasteiger partial charge in [-0.2, -0.15) is 0 Å². The second-order valence-electron chi connectivity index (χ2n) is 3.05. The maximum absolute atomic E-state index is 12.0. The molecule has 15 heavy (non-hydrogen) atoms. The monoisotopic (exact) mass is 283 g/mol. The van der Waals surface area contributed by atoms with Crippen LogP contribution in [0.3, 0.4) is 0 Å². The highest BCUT2D eigenvalue weighted by molar-refractivity contribution is 9.10. The number of hydrogen-bond donors (Lipinski definition) is 0. The van der Waals surface area contributed by atoms with E-state index in [1.165, 1.54) is 12.1 Å². The summed E-state index contributed by atoms with van der Waals surface area (Å²) in [4.78, 5) is 1.55. The fourth-order valence-electron chi connectivity index (χ4n) is 1.05. The minimum Gasteiger partial charge on any atom is -0.404 e. The maximum atomic E-state index is 12.0. The van der Waals surface area contributed by atoms with Gasteiger partial charge in [0.25, 0.3) is 0 Å². The molecule has 6 heteroatoms. The molecule has 0 radical (unpaired) electrons. The molecule has 0 N–H and O–H groups in total. The minimum atomic E-state index is -4.67. The summed E-state index contributed by atoms with van der Waals surface area (Å²) in [5, 5.41) is 0. The zero-order chi connectivity index (χ0) is 11.6. The third kappa shape index (κ3) is 3.62. The Morgan fingerprint density at radius 3 is 2.33 bits per heavy atom. The normalized spacial score (nSPS) is 11.3. The first-order chi connectivity index (χ1) is 6.79. The van der Waals surface area contributed by atoms with Crippen LogP contribution in [0.15, 0.2) is 22.7 Å². The van der Waals surface area contributed by atoms with Crippen molar-refractivity contribution < 1.29 is 17.9 Å². The number of halogens is 4. The highest BCUT2D eigenvalue weighted by Crippen LogP contribution is 2.33. The highest BCUT2D eigenvalue weighted by atomic mass is 79.9. The van der Waals surface area contributed by atoms with Crippen LogP contribution in [0.4, 0.5) is 18.9 Å². The summed E-state index contributed by atoms with van der Waals surface area (Å²) >= 11 is 3.18. The van der Waals surface area contributed by atoms with E-state index < -0.39 is 6.36 Å². The molecule has 0 aliphatic rings. The maximum Gasteiger partial charge on any atom is 0.573 e. The van der Waals surface area contributed by atoms with Gasteiger partial charge in [0.05, 0.1) is 5.69 Å². The topological polar surface area (TPSA) is 12.5 Å². The van der Waals surface area contributed by atoms with Gasteiger partial charge in [-0.25, -0.2) is 0 Å². The lowest BCUT2D eigenvalue weighted by Crippen LogP contribution is -2.19. The molecule has 0 amide bonds. The molecule has 0 aliphatic carbocycles. The molecule has 0 atom stereocenters. The average molecular weight is 284 g/mol. The molecule has 1 rings (SSSR count). The van der Waals surface area contributed by atoms with Crippen molar-refractivity contribution >= 4 is 21.6 Å². The molecule has 84 valence electrons. The Balaban J connectivity index is 3.06. The summed E-state index contributed by atoms with van der Waals surface area (Å²) in [7, 11) is 3.29. The van der Waals surface area contributed by atoms with Crippen molar-refractivity contribution in [3.8, 4) is 5.75 Å². The molecule has 0 aromatic heterocycles. The summed E-state index contributed by atoms with van der Waals surface area (Å²) in [6, 6.07) is 4.32. The van der Waals surface area contributed by atoms with E-state index in [-0.39, 0.29) is 5.75 Å². The van der Waals surface area contributed by atoms with E-state index in [2.05, 4.69) is 20.7 Å². The van der Waals surface area contributed by atoms with E-state index in [4.69, 9.17) is 0 Å². The predicted octanol–water partition coefficient (Wildman–Crippen LogP) is 3.41. The van der Waals surface area contributed by atoms with Crippen molar-refractivity contribution in [1.29, 1.82) is 0 Å². The number of hydrogen-bond acceptors (Lipinski definition) is 2. The molecule has 0 saturated heterocycles. The van der Waals surface area contributed by atoms with Gasteiger partial charge in [0.2, 0.25) is 0 Å². The second kappa shape index (κ2) is 4.30. The average Bonchev–Trinajstić information content (AvgIpc) is 2.05. The molecular weight excluding hydrogens is 275 g/mol. The van der Waals surface area contributed by atoms with Gasteiger partial charge in [-0.05, 0) is 18.2 Å². The number of ether oxygens (including phenoxy) is 1. The van der Waals surface area contributed by atoms with E-state index in [1.807, 2.05) is 0 Å². The van der Waals surface area contributed by atoms with Gasteiger partial charge >= 0.3 is 6.36 Å². The number of benzene rings is 1. The third-order valence-electron chi connectivity index (χ3n) is 1.63. The van der Waals surface area contributed by atoms with Gasteiger partial charge in [0.1, 0.15) is 0 Å². The van der Waals surface area contributed by atoms with Crippen molar-refractivity contribution in [2.45, 2.75) is 6.36 Å². The summed E-state index contributed by atoms with van der Waals surface area (Å²) in [6.45, 7) is 0. The van der Waals surface area contributed by atoms with Crippen molar-refractivity contribution in [3.05, 3.63) is 22.7 Å². The van der Waals surface area contributed by atoms with Gasteiger partial charge in [0.15, 0.2) is 5.75 Å². The quantitative estimate of drug-likeness (QED) is 0.825. The van der Waals surface area contributed by atoms with Gasteiger partial charge in [0, 0.05) is 18.6 Å². The Morgan fingerprint density at radius 2 is 1.87 bits per heavy atom. The number of alkyl halides is 3. The first kappa shape index (κ1) is 12.2. The Bertz CT molecular complexity index is 352. The molecule has 0 aliphatic heterocycles. The SMILES string of the molecule is CN(C)c1cc(Br)ccc1OC(F)(F)F. The van der Waals surface area contributed by atoms with Gasteiger partial charge in [-0.1, -0.05) is 15.9 Å². The number of rotatable bonds is 2. The second-order valence-corrected chi connectivity index (χ2v) is 3.97. The molecular formula is C9H9BrF3NO. The summed E-state index contributed by atoms with van der Waals surface area (Å²) in [6.07, 6.45) is -4.67. The Morgan fingerprint density at radius 1 is 1.27 bits per heavy atom. The Kier molecular flexibility index (Phi) is 3.49. The van der Waals surface area contributed by atoms with Crippen LogP contribution in [0.5, 0.6) is 5.75 Å². The van der Waals surface area contributed by atoms with Crippen LogP contribution >= 0.6 is 15.9 Å². The lowest BCUT2D eigenvalue weighted by atomic mass is 10.3. The summed E-state index contributed by atoms with van der Waals surface area (Å²) in [5.41, 5.74) is 0.363. The van der Waals surface area contributed by atoms with Gasteiger partial charge in [-0.15, -0.1) is 13.2 Å². The third-order valence-corrected chi connectivity index (χ3v) is 2.12. The molecule has 1 aromatic rings. The number of anilines is 1. The van der Waals surface area contributed by atoms with Crippen molar-refractivity contribution in [1.82, 2.24) is 0 Å². The van der Waals surface area contributed by atoms with E-state index in [0.29, 0.717) is 10.2 Å². The van der Waals surface area contributed by atoms with Crippen LogP contribution in [0.1, 0.15) is 0 Å². The molecule has 0 saturated carbocycles. The Hall–Kier alpha value is -0.910.